The first-order valence-electron chi connectivity index (χ1n) is 6.23. The maximum atomic E-state index is 4.57. The second-order valence-electron chi connectivity index (χ2n) is 4.22. The monoisotopic (exact) mass is 372 g/mol. The molecule has 0 radical (unpaired) electrons. The smallest absolute Gasteiger partial charge is 0.191 e. The van der Waals surface area contributed by atoms with Crippen LogP contribution in [-0.4, -0.2) is 29.8 Å². The molecule has 0 aromatic carbocycles. The predicted molar refractivity (Wildman–Crippen MR) is 92.1 cm³/mol. The molecular weight excluding hydrogens is 356 g/mol. The van der Waals surface area contributed by atoms with Crippen molar-refractivity contribution in [3.63, 3.8) is 0 Å². The Balaban J connectivity index is 2.19. The highest BCUT2D eigenvalue weighted by Gasteiger charge is 2.09. The lowest BCUT2D eigenvalue weighted by atomic mass is 10.4. The maximum absolute atomic E-state index is 4.57. The summed E-state index contributed by atoms with van der Waals surface area (Å²) in [6, 6.07) is 4.13. The average molecular weight is 373 g/mol. The fourth-order valence-corrected chi connectivity index (χ4v) is 3.60. The maximum Gasteiger partial charge on any atom is 0.191 e. The highest BCUT2D eigenvalue weighted by molar-refractivity contribution is 9.10. The molecule has 2 aromatic heterocycles. The lowest BCUT2D eigenvalue weighted by molar-refractivity contribution is 0.865. The van der Waals surface area contributed by atoms with E-state index in [1.54, 1.807) is 23.1 Å². The number of anilines is 2. The van der Waals surface area contributed by atoms with Crippen molar-refractivity contribution in [2.45, 2.75) is 18.6 Å². The molecule has 4 nitrogen and oxygen atoms in total. The highest BCUT2D eigenvalue weighted by Crippen LogP contribution is 2.24. The fourth-order valence-electron chi connectivity index (χ4n) is 1.72. The molecule has 2 heterocycles. The minimum Gasteiger partial charge on any atom is -0.370 e. The third-order valence-electron chi connectivity index (χ3n) is 2.64. The highest BCUT2D eigenvalue weighted by atomic mass is 79.9. The minimum absolute atomic E-state index is 0.790. The summed E-state index contributed by atoms with van der Waals surface area (Å²) in [5.74, 6) is 1.81. The second-order valence-corrected chi connectivity index (χ2v) is 6.90. The molecule has 0 aliphatic carbocycles. The molecule has 2 aromatic rings. The van der Waals surface area contributed by atoms with Crippen LogP contribution in [0.15, 0.2) is 27.1 Å². The van der Waals surface area contributed by atoms with Gasteiger partial charge >= 0.3 is 0 Å². The van der Waals surface area contributed by atoms with Gasteiger partial charge in [-0.25, -0.2) is 9.97 Å². The zero-order chi connectivity index (χ0) is 14.5. The molecule has 108 valence electrons. The van der Waals surface area contributed by atoms with Gasteiger partial charge in [-0.3, -0.25) is 0 Å². The topological polar surface area (TPSA) is 41.0 Å². The van der Waals surface area contributed by atoms with E-state index in [-0.39, 0.29) is 0 Å². The summed E-state index contributed by atoms with van der Waals surface area (Å²) < 4.78 is 1.13. The van der Waals surface area contributed by atoms with Crippen LogP contribution in [0.4, 0.5) is 11.6 Å². The predicted octanol–water partition coefficient (Wildman–Crippen LogP) is 4.09. The first kappa shape index (κ1) is 15.6. The molecule has 7 heteroatoms. The molecule has 0 saturated heterocycles. The number of nitrogens with zero attached hydrogens (tertiary/aromatic N) is 3. The van der Waals surface area contributed by atoms with Crippen LogP contribution in [0.1, 0.15) is 11.8 Å². The van der Waals surface area contributed by atoms with E-state index in [9.17, 15) is 0 Å². The average Bonchev–Trinajstić information content (AvgIpc) is 2.84. The van der Waals surface area contributed by atoms with Gasteiger partial charge in [0.2, 0.25) is 0 Å². The van der Waals surface area contributed by atoms with Gasteiger partial charge in [-0.2, -0.15) is 0 Å². The number of thiophene rings is 1. The van der Waals surface area contributed by atoms with Crippen LogP contribution < -0.4 is 10.2 Å². The molecular formula is C13H17BrN4S2. The standard InChI is InChI=1S/C13H17BrN4S2/c1-4-15-11-6-12(17-13(16-11)19-3)18(2)7-10-5-9(14)8-20-10/h5-6,8H,4,7H2,1-3H3,(H,15,16,17). The van der Waals surface area contributed by atoms with Crippen molar-refractivity contribution in [1.82, 2.24) is 9.97 Å². The molecule has 20 heavy (non-hydrogen) atoms. The Labute approximate surface area is 136 Å². The van der Waals surface area contributed by atoms with Crippen LogP contribution >= 0.6 is 39.0 Å². The largest absolute Gasteiger partial charge is 0.370 e. The van der Waals surface area contributed by atoms with E-state index < -0.39 is 0 Å². The SMILES string of the molecule is CCNc1cc(N(C)Cc2cc(Br)cs2)nc(SC)n1. The lowest BCUT2D eigenvalue weighted by Crippen LogP contribution is -2.18. The van der Waals surface area contributed by atoms with Gasteiger partial charge in [0.05, 0.1) is 6.54 Å². The van der Waals surface area contributed by atoms with Crippen LogP contribution in [0.2, 0.25) is 0 Å². The van der Waals surface area contributed by atoms with Gasteiger partial charge in [-0.15, -0.1) is 11.3 Å². The number of hydrogen-bond donors (Lipinski definition) is 1. The van der Waals surface area contributed by atoms with Crippen molar-refractivity contribution >= 4 is 50.7 Å². The number of hydrogen-bond acceptors (Lipinski definition) is 6. The molecule has 0 bridgehead atoms. The third-order valence-corrected chi connectivity index (χ3v) is 4.87. The van der Waals surface area contributed by atoms with E-state index in [1.165, 1.54) is 4.88 Å². The molecule has 0 atom stereocenters. The molecule has 0 fully saturated rings. The van der Waals surface area contributed by atoms with Crippen LogP contribution in [0.25, 0.3) is 0 Å². The molecule has 0 aliphatic rings. The molecule has 0 spiro atoms. The van der Waals surface area contributed by atoms with E-state index >= 15 is 0 Å². The molecule has 0 amide bonds. The summed E-state index contributed by atoms with van der Waals surface area (Å²) in [7, 11) is 2.05. The van der Waals surface area contributed by atoms with Crippen molar-refractivity contribution in [2.24, 2.45) is 0 Å². The van der Waals surface area contributed by atoms with E-state index in [0.717, 1.165) is 34.4 Å². The number of aromatic nitrogens is 2. The van der Waals surface area contributed by atoms with E-state index in [1.807, 2.05) is 12.3 Å². The second kappa shape index (κ2) is 7.28. The Bertz CT molecular complexity index is 573. The van der Waals surface area contributed by atoms with Crippen molar-refractivity contribution < 1.29 is 0 Å². The van der Waals surface area contributed by atoms with E-state index in [0.29, 0.717) is 0 Å². The fraction of sp³-hybridized carbons (Fsp3) is 0.385. The van der Waals surface area contributed by atoms with Crippen LogP contribution in [0.3, 0.4) is 0 Å². The Hall–Kier alpha value is -0.790. The lowest BCUT2D eigenvalue weighted by Gasteiger charge is -2.18. The van der Waals surface area contributed by atoms with E-state index in [2.05, 4.69) is 61.5 Å². The van der Waals surface area contributed by atoms with Gasteiger partial charge in [0.25, 0.3) is 0 Å². The first-order valence-corrected chi connectivity index (χ1v) is 9.13. The summed E-state index contributed by atoms with van der Waals surface area (Å²) in [5.41, 5.74) is 0. The van der Waals surface area contributed by atoms with Gasteiger partial charge in [0.15, 0.2) is 5.16 Å². The van der Waals surface area contributed by atoms with Crippen LogP contribution in [-0.2, 0) is 6.54 Å². The Morgan fingerprint density at radius 2 is 2.20 bits per heavy atom. The summed E-state index contributed by atoms with van der Waals surface area (Å²) in [4.78, 5) is 12.5. The number of rotatable bonds is 6. The normalized spacial score (nSPS) is 10.6. The molecule has 0 saturated carbocycles. The zero-order valence-electron chi connectivity index (χ0n) is 11.7. The Morgan fingerprint density at radius 3 is 2.80 bits per heavy atom. The molecule has 2 rings (SSSR count). The summed E-state index contributed by atoms with van der Waals surface area (Å²) >= 11 is 6.79. The van der Waals surface area contributed by atoms with E-state index in [4.69, 9.17) is 0 Å². The van der Waals surface area contributed by atoms with Crippen molar-refractivity contribution in [3.05, 3.63) is 26.9 Å². The Morgan fingerprint density at radius 1 is 1.40 bits per heavy atom. The van der Waals surface area contributed by atoms with Crippen molar-refractivity contribution in [3.8, 4) is 0 Å². The summed E-state index contributed by atoms with van der Waals surface area (Å²) in [5, 5.41) is 6.14. The molecule has 1 N–H and O–H groups in total. The Kier molecular flexibility index (Phi) is 5.68. The zero-order valence-corrected chi connectivity index (χ0v) is 14.9. The van der Waals surface area contributed by atoms with Gasteiger partial charge in [0, 0.05) is 34.4 Å². The number of nitrogens with one attached hydrogen (secondary N) is 1. The van der Waals surface area contributed by atoms with Gasteiger partial charge < -0.3 is 10.2 Å². The van der Waals surface area contributed by atoms with Crippen molar-refractivity contribution in [1.29, 1.82) is 0 Å². The third kappa shape index (κ3) is 4.10. The number of halogens is 1. The minimum atomic E-state index is 0.790. The number of thioether (sulfide) groups is 1. The summed E-state index contributed by atoms with van der Waals surface area (Å²) in [6.45, 7) is 3.76. The summed E-state index contributed by atoms with van der Waals surface area (Å²) in [6.07, 6.45) is 1.99. The molecule has 0 aliphatic heterocycles. The quantitative estimate of drug-likeness (QED) is 0.610. The van der Waals surface area contributed by atoms with Crippen LogP contribution in [0, 0.1) is 0 Å². The van der Waals surface area contributed by atoms with Gasteiger partial charge in [-0.05, 0) is 35.2 Å². The molecule has 0 unspecified atom stereocenters. The van der Waals surface area contributed by atoms with Gasteiger partial charge in [0.1, 0.15) is 11.6 Å². The van der Waals surface area contributed by atoms with Gasteiger partial charge in [-0.1, -0.05) is 11.8 Å². The van der Waals surface area contributed by atoms with Crippen LogP contribution in [0.5, 0.6) is 0 Å². The first-order chi connectivity index (χ1) is 9.62. The van der Waals surface area contributed by atoms with Crippen molar-refractivity contribution in [2.75, 3.05) is 30.1 Å².